The molecule has 118 valence electrons. The Morgan fingerprint density at radius 3 is 2.30 bits per heavy atom. The van der Waals surface area contributed by atoms with Crippen molar-refractivity contribution in [1.82, 2.24) is 10.2 Å². The second-order valence-corrected chi connectivity index (χ2v) is 7.21. The van der Waals surface area contributed by atoms with Crippen molar-refractivity contribution in [3.8, 4) is 0 Å². The first-order valence-electron chi connectivity index (χ1n) is 8.09. The van der Waals surface area contributed by atoms with Gasteiger partial charge in [-0.15, -0.1) is 0 Å². The molecule has 1 fully saturated rings. The van der Waals surface area contributed by atoms with E-state index in [2.05, 4.69) is 17.1 Å². The minimum Gasteiger partial charge on any atom is -0.350 e. The van der Waals surface area contributed by atoms with E-state index in [0.717, 1.165) is 25.8 Å². The normalized spacial score (nSPS) is 19.1. The van der Waals surface area contributed by atoms with Gasteiger partial charge in [-0.1, -0.05) is 26.2 Å². The molecule has 0 heterocycles. The predicted molar refractivity (Wildman–Crippen MR) is 84.6 cm³/mol. The van der Waals surface area contributed by atoms with Gasteiger partial charge in [-0.05, 0) is 46.6 Å². The molecule has 0 unspecified atom stereocenters. The largest absolute Gasteiger partial charge is 0.350 e. The zero-order valence-electron chi connectivity index (χ0n) is 13.8. The highest BCUT2D eigenvalue weighted by atomic mass is 16.2. The topological polar surface area (TPSA) is 58.4 Å². The lowest BCUT2D eigenvalue weighted by atomic mass is 9.80. The number of nitrogens with one attached hydrogen (secondary N) is 1. The molecule has 0 atom stereocenters. The number of hydrogen-bond donors (Lipinski definition) is 2. The van der Waals surface area contributed by atoms with Gasteiger partial charge in [-0.25, -0.2) is 0 Å². The summed E-state index contributed by atoms with van der Waals surface area (Å²) in [7, 11) is 0. The smallest absolute Gasteiger partial charge is 0.234 e. The molecular weight excluding hydrogens is 250 g/mol. The van der Waals surface area contributed by atoms with Crippen LogP contribution in [0.3, 0.4) is 0 Å². The van der Waals surface area contributed by atoms with Crippen LogP contribution in [0, 0.1) is 0 Å². The molecule has 0 aromatic heterocycles. The summed E-state index contributed by atoms with van der Waals surface area (Å²) in [5, 5.41) is 3.07. The van der Waals surface area contributed by atoms with Crippen LogP contribution in [-0.4, -0.2) is 41.5 Å². The predicted octanol–water partition coefficient (Wildman–Crippen LogP) is 2.27. The van der Waals surface area contributed by atoms with E-state index >= 15 is 0 Å². The fourth-order valence-corrected chi connectivity index (χ4v) is 3.24. The van der Waals surface area contributed by atoms with Gasteiger partial charge in [-0.3, -0.25) is 9.69 Å². The van der Waals surface area contributed by atoms with Gasteiger partial charge in [0.25, 0.3) is 0 Å². The Labute approximate surface area is 124 Å². The first-order valence-corrected chi connectivity index (χ1v) is 8.09. The van der Waals surface area contributed by atoms with E-state index in [1.165, 1.54) is 19.3 Å². The molecule has 1 amide bonds. The quantitative estimate of drug-likeness (QED) is 0.786. The SMILES string of the molecule is CCCN(CC(=O)NC(C)(C)C)C1(CN)CCCCC1. The molecule has 0 aliphatic heterocycles. The Morgan fingerprint density at radius 1 is 1.25 bits per heavy atom. The third kappa shape index (κ3) is 5.06. The highest BCUT2D eigenvalue weighted by molar-refractivity contribution is 5.78. The number of carbonyl (C=O) groups excluding carboxylic acids is 1. The molecule has 0 radical (unpaired) electrons. The molecule has 4 nitrogen and oxygen atoms in total. The molecule has 0 spiro atoms. The Bertz CT molecular complexity index is 303. The van der Waals surface area contributed by atoms with Crippen LogP contribution in [0.1, 0.15) is 66.2 Å². The molecule has 4 heteroatoms. The summed E-state index contributed by atoms with van der Waals surface area (Å²) >= 11 is 0. The fraction of sp³-hybridized carbons (Fsp3) is 0.938. The van der Waals surface area contributed by atoms with Gasteiger partial charge in [0.05, 0.1) is 6.54 Å². The second kappa shape index (κ2) is 7.41. The number of rotatable bonds is 6. The van der Waals surface area contributed by atoms with Crippen molar-refractivity contribution < 1.29 is 4.79 Å². The average Bonchev–Trinajstić information content (AvgIpc) is 2.37. The van der Waals surface area contributed by atoms with E-state index in [-0.39, 0.29) is 17.0 Å². The Morgan fingerprint density at radius 2 is 1.85 bits per heavy atom. The van der Waals surface area contributed by atoms with Crippen LogP contribution < -0.4 is 11.1 Å². The van der Waals surface area contributed by atoms with Crippen LogP contribution in [0.5, 0.6) is 0 Å². The van der Waals surface area contributed by atoms with Crippen molar-refractivity contribution in [2.45, 2.75) is 77.3 Å². The molecule has 0 aromatic carbocycles. The molecule has 20 heavy (non-hydrogen) atoms. The van der Waals surface area contributed by atoms with Crippen LogP contribution in [0.2, 0.25) is 0 Å². The average molecular weight is 283 g/mol. The van der Waals surface area contributed by atoms with Crippen molar-refractivity contribution in [2.75, 3.05) is 19.6 Å². The van der Waals surface area contributed by atoms with Crippen molar-refractivity contribution in [1.29, 1.82) is 0 Å². The van der Waals surface area contributed by atoms with Gasteiger partial charge in [-0.2, -0.15) is 0 Å². The molecule has 3 N–H and O–H groups in total. The molecule has 0 aromatic rings. The first kappa shape index (κ1) is 17.4. The Hall–Kier alpha value is -0.610. The summed E-state index contributed by atoms with van der Waals surface area (Å²) in [4.78, 5) is 14.6. The van der Waals surface area contributed by atoms with Gasteiger partial charge in [0.1, 0.15) is 0 Å². The van der Waals surface area contributed by atoms with Crippen molar-refractivity contribution in [3.05, 3.63) is 0 Å². The minimum absolute atomic E-state index is 0.0451. The van der Waals surface area contributed by atoms with Crippen LogP contribution in [-0.2, 0) is 4.79 Å². The molecule has 1 rings (SSSR count). The molecule has 1 aliphatic carbocycles. The van der Waals surface area contributed by atoms with Gasteiger partial charge >= 0.3 is 0 Å². The Kier molecular flexibility index (Phi) is 6.46. The molecule has 0 bridgehead atoms. The lowest BCUT2D eigenvalue weighted by molar-refractivity contribution is -0.125. The maximum atomic E-state index is 12.3. The standard InChI is InChI=1S/C16H33N3O/c1-5-11-19(12-14(20)18-15(2,3)4)16(13-17)9-7-6-8-10-16/h5-13,17H2,1-4H3,(H,18,20). The van der Waals surface area contributed by atoms with Gasteiger partial charge < -0.3 is 11.1 Å². The summed E-state index contributed by atoms with van der Waals surface area (Å²) < 4.78 is 0. The lowest BCUT2D eigenvalue weighted by Crippen LogP contribution is -2.58. The summed E-state index contributed by atoms with van der Waals surface area (Å²) in [6.45, 7) is 10.3. The maximum absolute atomic E-state index is 12.3. The van der Waals surface area contributed by atoms with E-state index in [1.54, 1.807) is 0 Å². The van der Waals surface area contributed by atoms with Gasteiger partial charge in [0.15, 0.2) is 0 Å². The molecule has 1 aliphatic rings. The number of carbonyl (C=O) groups is 1. The Balaban J connectivity index is 2.73. The second-order valence-electron chi connectivity index (χ2n) is 7.21. The van der Waals surface area contributed by atoms with E-state index in [9.17, 15) is 4.79 Å². The number of hydrogen-bond acceptors (Lipinski definition) is 3. The van der Waals surface area contributed by atoms with Gasteiger partial charge in [0.2, 0.25) is 5.91 Å². The zero-order chi connectivity index (χ0) is 15.2. The van der Waals surface area contributed by atoms with Crippen LogP contribution in [0.4, 0.5) is 0 Å². The molecule has 0 saturated heterocycles. The zero-order valence-corrected chi connectivity index (χ0v) is 13.8. The maximum Gasteiger partial charge on any atom is 0.234 e. The van der Waals surface area contributed by atoms with Crippen molar-refractivity contribution in [3.63, 3.8) is 0 Å². The number of nitrogens with two attached hydrogens (primary N) is 1. The highest BCUT2D eigenvalue weighted by Gasteiger charge is 2.37. The summed E-state index contributed by atoms with van der Waals surface area (Å²) in [6.07, 6.45) is 7.09. The highest BCUT2D eigenvalue weighted by Crippen LogP contribution is 2.33. The summed E-state index contributed by atoms with van der Waals surface area (Å²) in [6, 6.07) is 0. The van der Waals surface area contributed by atoms with Crippen molar-refractivity contribution in [2.24, 2.45) is 5.73 Å². The van der Waals surface area contributed by atoms with Crippen molar-refractivity contribution >= 4 is 5.91 Å². The molecule has 1 saturated carbocycles. The van der Waals surface area contributed by atoms with E-state index < -0.39 is 0 Å². The lowest BCUT2D eigenvalue weighted by Gasteiger charge is -2.46. The monoisotopic (exact) mass is 283 g/mol. The summed E-state index contributed by atoms with van der Waals surface area (Å²) in [5.74, 6) is 0.115. The number of nitrogens with zero attached hydrogens (tertiary/aromatic N) is 1. The number of amides is 1. The third-order valence-corrected chi connectivity index (χ3v) is 4.18. The first-order chi connectivity index (χ1) is 9.33. The van der Waals surface area contributed by atoms with E-state index in [4.69, 9.17) is 5.73 Å². The summed E-state index contributed by atoms with van der Waals surface area (Å²) in [5.41, 5.74) is 5.97. The van der Waals surface area contributed by atoms with E-state index in [0.29, 0.717) is 13.1 Å². The third-order valence-electron chi connectivity index (χ3n) is 4.18. The van der Waals surface area contributed by atoms with Crippen LogP contribution >= 0.6 is 0 Å². The van der Waals surface area contributed by atoms with E-state index in [1.807, 2.05) is 20.8 Å². The van der Waals surface area contributed by atoms with Crippen LogP contribution in [0.25, 0.3) is 0 Å². The minimum atomic E-state index is -0.169. The molecular formula is C16H33N3O. The van der Waals surface area contributed by atoms with Gasteiger partial charge in [0, 0.05) is 17.6 Å². The fourth-order valence-electron chi connectivity index (χ4n) is 3.24. The van der Waals surface area contributed by atoms with Crippen LogP contribution in [0.15, 0.2) is 0 Å².